The van der Waals surface area contributed by atoms with Gasteiger partial charge in [0.15, 0.2) is 11.9 Å². The van der Waals surface area contributed by atoms with Gasteiger partial charge in [-0.2, -0.15) is 0 Å². The third kappa shape index (κ3) is 6.42. The van der Waals surface area contributed by atoms with Crippen LogP contribution in [0.1, 0.15) is 64.5 Å². The Morgan fingerprint density at radius 3 is 2.39 bits per heavy atom. The Hall–Kier alpha value is -3.41. The third-order valence-corrected chi connectivity index (χ3v) is 6.62. The fourth-order valence-corrected chi connectivity index (χ4v) is 4.52. The van der Waals surface area contributed by atoms with Crippen molar-refractivity contribution in [2.24, 2.45) is 0 Å². The Balaban J connectivity index is 1.43. The molecule has 1 atom stereocenters. The highest BCUT2D eigenvalue weighted by molar-refractivity contribution is 5.94. The molecule has 4 rings (SSSR count). The maximum atomic E-state index is 13.0. The number of carbonyl (C=O) groups is 1. The summed E-state index contributed by atoms with van der Waals surface area (Å²) in [6.07, 6.45) is 4.33. The zero-order chi connectivity index (χ0) is 25.7. The van der Waals surface area contributed by atoms with Crippen LogP contribution in [0, 0.1) is 6.92 Å². The number of ether oxygens (including phenoxy) is 1. The number of amides is 1. The quantitative estimate of drug-likeness (QED) is 0.429. The first-order valence-electron chi connectivity index (χ1n) is 13.0. The van der Waals surface area contributed by atoms with E-state index in [0.29, 0.717) is 5.69 Å². The van der Waals surface area contributed by atoms with Crippen molar-refractivity contribution in [2.45, 2.75) is 71.8 Å². The molecule has 1 aromatic heterocycles. The highest BCUT2D eigenvalue weighted by atomic mass is 16.5. The topological polar surface area (TPSA) is 67.3 Å². The highest BCUT2D eigenvalue weighted by Gasteiger charge is 2.23. The lowest BCUT2D eigenvalue weighted by Gasteiger charge is -2.25. The SMILES string of the molecule is Cc1ccc(OC(C)C(=O)Nc2cccc(-c3ccc(N4CCCCCC4)nn3)c2)c(C(C)(C)C)c1. The van der Waals surface area contributed by atoms with E-state index in [9.17, 15) is 4.79 Å². The van der Waals surface area contributed by atoms with Crippen LogP contribution in [0.2, 0.25) is 0 Å². The first-order valence-corrected chi connectivity index (χ1v) is 13.0. The number of benzene rings is 2. The van der Waals surface area contributed by atoms with Gasteiger partial charge in [-0.3, -0.25) is 4.79 Å². The molecule has 6 nitrogen and oxygen atoms in total. The molecule has 3 aromatic rings. The number of hydrogen-bond acceptors (Lipinski definition) is 5. The summed E-state index contributed by atoms with van der Waals surface area (Å²) in [6, 6.07) is 17.8. The molecular weight excluding hydrogens is 448 g/mol. The zero-order valence-corrected chi connectivity index (χ0v) is 22.2. The van der Waals surface area contributed by atoms with Crippen LogP contribution in [0.15, 0.2) is 54.6 Å². The van der Waals surface area contributed by atoms with Crippen LogP contribution in [0.4, 0.5) is 11.5 Å². The van der Waals surface area contributed by atoms with Gasteiger partial charge in [0.05, 0.1) is 5.69 Å². The predicted molar refractivity (Wildman–Crippen MR) is 147 cm³/mol. The molecule has 2 aromatic carbocycles. The monoisotopic (exact) mass is 486 g/mol. The fraction of sp³-hybridized carbons (Fsp3) is 0.433. The number of hydrogen-bond donors (Lipinski definition) is 1. The molecule has 1 saturated heterocycles. The van der Waals surface area contributed by atoms with Crippen LogP contribution < -0.4 is 15.0 Å². The minimum absolute atomic E-state index is 0.0876. The smallest absolute Gasteiger partial charge is 0.265 e. The lowest BCUT2D eigenvalue weighted by molar-refractivity contribution is -0.122. The van der Waals surface area contributed by atoms with E-state index in [1.165, 1.54) is 31.2 Å². The summed E-state index contributed by atoms with van der Waals surface area (Å²) in [5.41, 5.74) is 4.56. The summed E-state index contributed by atoms with van der Waals surface area (Å²) in [5.74, 6) is 1.47. The van der Waals surface area contributed by atoms with Crippen molar-refractivity contribution in [1.29, 1.82) is 0 Å². The molecule has 36 heavy (non-hydrogen) atoms. The molecule has 2 heterocycles. The minimum atomic E-state index is -0.648. The average molecular weight is 487 g/mol. The number of aryl methyl sites for hydroxylation is 1. The molecule has 6 heteroatoms. The summed E-state index contributed by atoms with van der Waals surface area (Å²) >= 11 is 0. The van der Waals surface area contributed by atoms with Gasteiger partial charge in [-0.05, 0) is 68.0 Å². The largest absolute Gasteiger partial charge is 0.481 e. The summed E-state index contributed by atoms with van der Waals surface area (Å²) in [6.45, 7) is 12.4. The van der Waals surface area contributed by atoms with Gasteiger partial charge in [0.2, 0.25) is 0 Å². The minimum Gasteiger partial charge on any atom is -0.481 e. The van der Waals surface area contributed by atoms with E-state index >= 15 is 0 Å². The Kier molecular flexibility index (Phi) is 7.92. The number of aromatic nitrogens is 2. The summed E-state index contributed by atoms with van der Waals surface area (Å²) in [4.78, 5) is 15.3. The first-order chi connectivity index (χ1) is 17.2. The summed E-state index contributed by atoms with van der Waals surface area (Å²) in [7, 11) is 0. The second-order valence-corrected chi connectivity index (χ2v) is 10.8. The van der Waals surface area contributed by atoms with Crippen molar-refractivity contribution >= 4 is 17.4 Å². The van der Waals surface area contributed by atoms with Gasteiger partial charge >= 0.3 is 0 Å². The van der Waals surface area contributed by atoms with Crippen LogP contribution in [0.5, 0.6) is 5.75 Å². The number of rotatable bonds is 6. The number of nitrogens with one attached hydrogen (secondary N) is 1. The molecule has 1 aliphatic rings. The lowest BCUT2D eigenvalue weighted by atomic mass is 9.85. The van der Waals surface area contributed by atoms with Crippen LogP contribution in [-0.4, -0.2) is 35.3 Å². The number of anilines is 2. The van der Waals surface area contributed by atoms with Crippen molar-refractivity contribution < 1.29 is 9.53 Å². The highest BCUT2D eigenvalue weighted by Crippen LogP contribution is 2.33. The number of carbonyl (C=O) groups excluding carboxylic acids is 1. The van der Waals surface area contributed by atoms with Crippen molar-refractivity contribution in [3.05, 3.63) is 65.7 Å². The van der Waals surface area contributed by atoms with Crippen molar-refractivity contribution in [3.63, 3.8) is 0 Å². The second kappa shape index (κ2) is 11.1. The zero-order valence-electron chi connectivity index (χ0n) is 22.2. The van der Waals surface area contributed by atoms with Gasteiger partial charge in [-0.25, -0.2) is 0 Å². The molecule has 1 fully saturated rings. The Bertz CT molecular complexity index is 1180. The second-order valence-electron chi connectivity index (χ2n) is 10.8. The molecule has 1 N–H and O–H groups in total. The molecule has 0 radical (unpaired) electrons. The number of nitrogens with zero attached hydrogens (tertiary/aromatic N) is 3. The van der Waals surface area contributed by atoms with Crippen molar-refractivity contribution in [1.82, 2.24) is 10.2 Å². The predicted octanol–water partition coefficient (Wildman–Crippen LogP) is 6.54. The van der Waals surface area contributed by atoms with Gasteiger partial charge in [0, 0.05) is 24.3 Å². The molecule has 1 amide bonds. The maximum Gasteiger partial charge on any atom is 0.265 e. The summed E-state index contributed by atoms with van der Waals surface area (Å²) < 4.78 is 6.12. The van der Waals surface area contributed by atoms with E-state index in [4.69, 9.17) is 4.74 Å². The third-order valence-electron chi connectivity index (χ3n) is 6.62. The van der Waals surface area contributed by atoms with E-state index in [-0.39, 0.29) is 11.3 Å². The molecule has 190 valence electrons. The molecule has 0 spiro atoms. The lowest BCUT2D eigenvalue weighted by Crippen LogP contribution is -2.31. The van der Waals surface area contributed by atoms with Crippen LogP contribution in [0.3, 0.4) is 0 Å². The molecule has 0 aliphatic carbocycles. The van der Waals surface area contributed by atoms with Crippen LogP contribution in [-0.2, 0) is 10.2 Å². The van der Waals surface area contributed by atoms with Gasteiger partial charge in [0.25, 0.3) is 5.91 Å². The van der Waals surface area contributed by atoms with E-state index in [1.54, 1.807) is 6.92 Å². The van der Waals surface area contributed by atoms with Gasteiger partial charge < -0.3 is 15.0 Å². The van der Waals surface area contributed by atoms with Gasteiger partial charge in [-0.1, -0.05) is 63.4 Å². The van der Waals surface area contributed by atoms with E-state index in [2.05, 4.69) is 54.2 Å². The standard InChI is InChI=1S/C30H38N4O2/c1-21-13-15-27(25(19-21)30(3,4)5)36-22(2)29(35)31-24-12-10-11-23(20-24)26-14-16-28(33-32-26)34-17-8-6-7-9-18-34/h10-16,19-20,22H,6-9,17-18H2,1-5H3,(H,31,35). The normalized spacial score (nSPS) is 15.2. The van der Waals surface area contributed by atoms with Crippen LogP contribution >= 0.6 is 0 Å². The fourth-order valence-electron chi connectivity index (χ4n) is 4.52. The van der Waals surface area contributed by atoms with E-state index in [0.717, 1.165) is 41.5 Å². The van der Waals surface area contributed by atoms with Gasteiger partial charge in [-0.15, -0.1) is 10.2 Å². The molecular formula is C30H38N4O2. The first kappa shape index (κ1) is 25.7. The maximum absolute atomic E-state index is 13.0. The molecule has 1 aliphatic heterocycles. The van der Waals surface area contributed by atoms with Crippen molar-refractivity contribution in [3.8, 4) is 17.0 Å². The van der Waals surface area contributed by atoms with Crippen LogP contribution in [0.25, 0.3) is 11.3 Å². The molecule has 1 unspecified atom stereocenters. The Morgan fingerprint density at radius 1 is 0.972 bits per heavy atom. The summed E-state index contributed by atoms with van der Waals surface area (Å²) in [5, 5.41) is 12.0. The van der Waals surface area contributed by atoms with Crippen molar-refractivity contribution in [2.75, 3.05) is 23.3 Å². The van der Waals surface area contributed by atoms with E-state index < -0.39 is 6.10 Å². The molecule has 0 saturated carbocycles. The molecule has 0 bridgehead atoms. The Labute approximate surface area is 215 Å². The average Bonchev–Trinajstić information content (AvgIpc) is 3.14. The van der Waals surface area contributed by atoms with E-state index in [1.807, 2.05) is 48.5 Å². The van der Waals surface area contributed by atoms with Gasteiger partial charge in [0.1, 0.15) is 5.75 Å². The Morgan fingerprint density at radius 2 is 1.72 bits per heavy atom.